The zero-order chi connectivity index (χ0) is 25.1. The molecule has 1 atom stereocenters. The van der Waals surface area contributed by atoms with Crippen molar-refractivity contribution in [3.63, 3.8) is 0 Å². The Balaban J connectivity index is 1.19. The van der Waals surface area contributed by atoms with Crippen LogP contribution in [0.15, 0.2) is 64.9 Å². The van der Waals surface area contributed by atoms with Crippen LogP contribution in [0.2, 0.25) is 0 Å². The Labute approximate surface area is 213 Å². The number of thiazole rings is 1. The minimum atomic E-state index is -3.52. The van der Waals surface area contributed by atoms with Crippen LogP contribution in [0.25, 0.3) is 11.3 Å². The van der Waals surface area contributed by atoms with Gasteiger partial charge in [-0.25, -0.2) is 22.9 Å². The van der Waals surface area contributed by atoms with E-state index in [0.29, 0.717) is 30.2 Å². The van der Waals surface area contributed by atoms with Gasteiger partial charge in [0.1, 0.15) is 12.6 Å². The summed E-state index contributed by atoms with van der Waals surface area (Å²) >= 11 is 1.27. The van der Waals surface area contributed by atoms with Crippen LogP contribution in [0.5, 0.6) is 0 Å². The van der Waals surface area contributed by atoms with Crippen molar-refractivity contribution in [2.24, 2.45) is 0 Å². The van der Waals surface area contributed by atoms with Crippen LogP contribution in [0.3, 0.4) is 0 Å². The quantitative estimate of drug-likeness (QED) is 0.458. The molecule has 188 valence electrons. The van der Waals surface area contributed by atoms with E-state index in [-0.39, 0.29) is 23.5 Å². The number of hydrogen-bond donors (Lipinski definition) is 2. The maximum absolute atomic E-state index is 12.9. The lowest BCUT2D eigenvalue weighted by molar-refractivity contribution is -0.120. The molecule has 36 heavy (non-hydrogen) atoms. The predicted octanol–water partition coefficient (Wildman–Crippen LogP) is 3.99. The Morgan fingerprint density at radius 2 is 1.81 bits per heavy atom. The Hall–Kier alpha value is -3.28. The fourth-order valence-electron chi connectivity index (χ4n) is 4.01. The zero-order valence-electron chi connectivity index (χ0n) is 19.4. The first-order chi connectivity index (χ1) is 17.4. The highest BCUT2D eigenvalue weighted by atomic mass is 32.2. The van der Waals surface area contributed by atoms with Gasteiger partial charge < -0.3 is 10.1 Å². The standard InChI is InChI=1S/C25H26N4O5S2/c30-23(22-7-4-14-29(22)25(31)34-15-17-5-2-1-3-6-17)27-24-26-21(16-35-24)18-8-12-20(13-9-18)36(32,33)28-19-10-11-19/h1-3,5-6,8-9,12-13,16,19,22,28H,4,7,10-11,14-15H2,(H,26,27,30). The summed E-state index contributed by atoms with van der Waals surface area (Å²) in [5, 5.41) is 5.01. The number of likely N-dealkylation sites (tertiary alicyclic amines) is 1. The maximum atomic E-state index is 12.9. The predicted molar refractivity (Wildman–Crippen MR) is 136 cm³/mol. The third-order valence-corrected chi connectivity index (χ3v) is 8.38. The van der Waals surface area contributed by atoms with E-state index in [1.165, 1.54) is 16.2 Å². The van der Waals surface area contributed by atoms with Gasteiger partial charge in [-0.2, -0.15) is 0 Å². The third kappa shape index (κ3) is 5.75. The van der Waals surface area contributed by atoms with Crippen LogP contribution in [-0.2, 0) is 26.2 Å². The Kier molecular flexibility index (Phi) is 7.04. The number of anilines is 1. The molecule has 0 bridgehead atoms. The molecule has 1 aliphatic carbocycles. The van der Waals surface area contributed by atoms with Crippen molar-refractivity contribution in [3.8, 4) is 11.3 Å². The lowest BCUT2D eigenvalue weighted by Gasteiger charge is -2.22. The maximum Gasteiger partial charge on any atom is 0.410 e. The van der Waals surface area contributed by atoms with Gasteiger partial charge in [0.2, 0.25) is 15.9 Å². The van der Waals surface area contributed by atoms with Crippen LogP contribution in [0.1, 0.15) is 31.2 Å². The first-order valence-electron chi connectivity index (χ1n) is 11.8. The largest absolute Gasteiger partial charge is 0.445 e. The molecule has 1 aromatic heterocycles. The summed E-state index contributed by atoms with van der Waals surface area (Å²) in [5.74, 6) is -0.308. The number of carbonyl (C=O) groups is 2. The van der Waals surface area contributed by atoms with E-state index in [1.54, 1.807) is 29.6 Å². The van der Waals surface area contributed by atoms with Crippen LogP contribution >= 0.6 is 11.3 Å². The normalized spacial score (nSPS) is 17.7. The van der Waals surface area contributed by atoms with E-state index in [2.05, 4.69) is 15.0 Å². The number of carbonyl (C=O) groups excluding carboxylic acids is 2. The van der Waals surface area contributed by atoms with E-state index >= 15 is 0 Å². The molecule has 2 fully saturated rings. The van der Waals surface area contributed by atoms with Gasteiger partial charge in [-0.05, 0) is 43.4 Å². The van der Waals surface area contributed by atoms with E-state index in [0.717, 1.165) is 24.0 Å². The van der Waals surface area contributed by atoms with Crippen molar-refractivity contribution in [3.05, 3.63) is 65.5 Å². The molecule has 2 N–H and O–H groups in total. The number of benzene rings is 2. The molecule has 1 unspecified atom stereocenters. The highest BCUT2D eigenvalue weighted by Crippen LogP contribution is 2.28. The number of hydrogen-bond acceptors (Lipinski definition) is 7. The summed E-state index contributed by atoms with van der Waals surface area (Å²) in [5.41, 5.74) is 2.25. The smallest absolute Gasteiger partial charge is 0.410 e. The fraction of sp³-hybridized carbons (Fsp3) is 0.320. The minimum absolute atomic E-state index is 0.0425. The summed E-state index contributed by atoms with van der Waals surface area (Å²) in [4.78, 5) is 31.7. The Bertz CT molecular complexity index is 1340. The van der Waals surface area contributed by atoms with Crippen molar-refractivity contribution in [2.75, 3.05) is 11.9 Å². The molecule has 5 rings (SSSR count). The number of sulfonamides is 1. The van der Waals surface area contributed by atoms with E-state index in [1.807, 2.05) is 30.3 Å². The van der Waals surface area contributed by atoms with E-state index in [4.69, 9.17) is 4.74 Å². The summed E-state index contributed by atoms with van der Waals surface area (Å²) in [6.07, 6.45) is 2.50. The second-order valence-corrected chi connectivity index (χ2v) is 11.4. The molecule has 3 aromatic rings. The topological polar surface area (TPSA) is 118 Å². The first-order valence-corrected chi connectivity index (χ1v) is 14.1. The molecule has 2 heterocycles. The van der Waals surface area contributed by atoms with Gasteiger partial charge in [0.15, 0.2) is 5.13 Å². The van der Waals surface area contributed by atoms with Gasteiger partial charge in [0.05, 0.1) is 10.6 Å². The molecule has 11 heteroatoms. The number of amides is 2. The fourth-order valence-corrected chi connectivity index (χ4v) is 6.03. The summed E-state index contributed by atoms with van der Waals surface area (Å²) in [7, 11) is -3.52. The van der Waals surface area contributed by atoms with E-state index < -0.39 is 22.2 Å². The third-order valence-electron chi connectivity index (χ3n) is 6.09. The van der Waals surface area contributed by atoms with Gasteiger partial charge in [-0.1, -0.05) is 42.5 Å². The SMILES string of the molecule is O=C(Nc1nc(-c2ccc(S(=O)(=O)NC3CC3)cc2)cs1)C1CCCN1C(=O)OCc1ccccc1. The highest BCUT2D eigenvalue weighted by molar-refractivity contribution is 7.89. The van der Waals surface area contributed by atoms with Crippen molar-refractivity contribution in [1.82, 2.24) is 14.6 Å². The van der Waals surface area contributed by atoms with Gasteiger partial charge in [-0.3, -0.25) is 9.69 Å². The average molecular weight is 527 g/mol. The van der Waals surface area contributed by atoms with Crippen molar-refractivity contribution in [1.29, 1.82) is 0 Å². The van der Waals surface area contributed by atoms with Crippen LogP contribution in [-0.4, -0.2) is 48.9 Å². The molecule has 1 saturated heterocycles. The highest BCUT2D eigenvalue weighted by Gasteiger charge is 2.35. The second kappa shape index (κ2) is 10.4. The minimum Gasteiger partial charge on any atom is -0.445 e. The van der Waals surface area contributed by atoms with Crippen molar-refractivity contribution >= 4 is 38.5 Å². The molecule has 9 nitrogen and oxygen atoms in total. The Morgan fingerprint density at radius 1 is 1.06 bits per heavy atom. The van der Waals surface area contributed by atoms with Crippen molar-refractivity contribution in [2.45, 2.75) is 49.3 Å². The number of aromatic nitrogens is 1. The molecule has 2 amide bonds. The Morgan fingerprint density at radius 3 is 2.53 bits per heavy atom. The average Bonchev–Trinajstić information content (AvgIpc) is 3.34. The van der Waals surface area contributed by atoms with Crippen LogP contribution in [0.4, 0.5) is 9.93 Å². The lowest BCUT2D eigenvalue weighted by Crippen LogP contribution is -2.43. The van der Waals surface area contributed by atoms with Crippen molar-refractivity contribution < 1.29 is 22.7 Å². The number of nitrogens with one attached hydrogen (secondary N) is 2. The molecule has 2 aromatic carbocycles. The molecule has 1 aliphatic heterocycles. The monoisotopic (exact) mass is 526 g/mol. The number of rotatable bonds is 8. The lowest BCUT2D eigenvalue weighted by atomic mass is 10.2. The molecular weight excluding hydrogens is 500 g/mol. The van der Waals surface area contributed by atoms with Gasteiger partial charge in [0, 0.05) is 23.5 Å². The summed E-state index contributed by atoms with van der Waals surface area (Å²) in [6.45, 7) is 0.608. The second-order valence-electron chi connectivity index (χ2n) is 8.84. The molecule has 2 aliphatic rings. The molecule has 1 saturated carbocycles. The molecule has 0 spiro atoms. The van der Waals surface area contributed by atoms with Gasteiger partial charge in [0.25, 0.3) is 0 Å². The molecule has 0 radical (unpaired) electrons. The van der Waals surface area contributed by atoms with Crippen LogP contribution < -0.4 is 10.0 Å². The first kappa shape index (κ1) is 24.4. The number of ether oxygens (including phenoxy) is 1. The summed E-state index contributed by atoms with van der Waals surface area (Å²) < 4.78 is 32.8. The zero-order valence-corrected chi connectivity index (χ0v) is 21.1. The molecular formula is C25H26N4O5S2. The van der Waals surface area contributed by atoms with Gasteiger partial charge >= 0.3 is 6.09 Å². The van der Waals surface area contributed by atoms with Gasteiger partial charge in [-0.15, -0.1) is 11.3 Å². The summed E-state index contributed by atoms with van der Waals surface area (Å²) in [6, 6.07) is 15.3. The number of nitrogens with zero attached hydrogens (tertiary/aromatic N) is 2. The van der Waals surface area contributed by atoms with E-state index in [9.17, 15) is 18.0 Å². The van der Waals surface area contributed by atoms with Crippen LogP contribution in [0, 0.1) is 0 Å².